The van der Waals surface area contributed by atoms with E-state index in [1.807, 2.05) is 6.08 Å². The molecule has 0 fully saturated rings. The highest BCUT2D eigenvalue weighted by molar-refractivity contribution is 5.89. The second-order valence-electron chi connectivity index (χ2n) is 6.71. The first-order valence-corrected chi connectivity index (χ1v) is 8.96. The Kier molecular flexibility index (Phi) is 4.29. The highest BCUT2D eigenvalue weighted by Crippen LogP contribution is 2.33. The molecule has 0 saturated heterocycles. The monoisotopic (exact) mass is 328 g/mol. The van der Waals surface area contributed by atoms with Crippen LogP contribution in [0.1, 0.15) is 22.4 Å². The van der Waals surface area contributed by atoms with E-state index in [0.717, 1.165) is 38.0 Å². The zero-order valence-electron chi connectivity index (χ0n) is 14.6. The van der Waals surface area contributed by atoms with Gasteiger partial charge in [0.15, 0.2) is 0 Å². The molecular weight excluding hydrogens is 304 g/mol. The van der Waals surface area contributed by atoms with Crippen molar-refractivity contribution in [2.75, 3.05) is 6.54 Å². The minimum Gasteiger partial charge on any atom is -0.340 e. The fraction of sp³-hybridized carbons (Fsp3) is 0.217. The molecule has 0 saturated carbocycles. The molecule has 2 aromatic carbocycles. The molecule has 0 bridgehead atoms. The summed E-state index contributed by atoms with van der Waals surface area (Å²) in [5.74, 6) is 0. The van der Waals surface area contributed by atoms with Crippen molar-refractivity contribution in [1.29, 1.82) is 0 Å². The predicted octanol–water partition coefficient (Wildman–Crippen LogP) is 4.73. The van der Waals surface area contributed by atoms with Crippen molar-refractivity contribution in [1.82, 2.24) is 9.88 Å². The molecule has 0 atom stereocenters. The number of para-hydroxylation sites is 1. The second kappa shape index (κ2) is 6.73. The van der Waals surface area contributed by atoms with E-state index in [-0.39, 0.29) is 0 Å². The molecule has 2 heteroatoms. The molecule has 0 spiro atoms. The summed E-state index contributed by atoms with van der Waals surface area (Å²) < 4.78 is 2.50. The molecule has 1 aliphatic rings. The Hall–Kier alpha value is -2.58. The molecule has 2 nitrogen and oxygen atoms in total. The summed E-state index contributed by atoms with van der Waals surface area (Å²) in [5.41, 5.74) is 7.99. The number of hydrogen-bond donors (Lipinski definition) is 1. The fourth-order valence-corrected chi connectivity index (χ4v) is 3.96. The van der Waals surface area contributed by atoms with E-state index >= 15 is 0 Å². The number of benzene rings is 2. The Balaban J connectivity index is 1.86. The number of aromatic nitrogens is 1. The van der Waals surface area contributed by atoms with Crippen LogP contribution in [0.5, 0.6) is 0 Å². The molecule has 2 heterocycles. The smallest absolute Gasteiger partial charge is 0.0524 e. The van der Waals surface area contributed by atoms with Gasteiger partial charge in [-0.05, 0) is 28.7 Å². The Labute approximate surface area is 149 Å². The van der Waals surface area contributed by atoms with E-state index in [9.17, 15) is 0 Å². The first-order valence-electron chi connectivity index (χ1n) is 8.96. The van der Waals surface area contributed by atoms with Crippen molar-refractivity contribution < 1.29 is 0 Å². The maximum Gasteiger partial charge on any atom is 0.0524 e. The molecule has 0 aliphatic carbocycles. The van der Waals surface area contributed by atoms with Crippen LogP contribution in [-0.4, -0.2) is 11.1 Å². The molecule has 4 rings (SSSR count). The third-order valence-corrected chi connectivity index (χ3v) is 5.12. The average molecular weight is 328 g/mol. The number of nitrogens with one attached hydrogen (secondary N) is 1. The number of nitrogens with zero attached hydrogens (tertiary/aromatic N) is 1. The molecule has 25 heavy (non-hydrogen) atoms. The number of hydrogen-bond acceptors (Lipinski definition) is 1. The standard InChI is InChI=1S/C23H24N2/c1-3-8-19-11-7-12-20-21-15-24-14-13-22(21)25(23(19)20)16-17(2)18-9-5-4-6-10-18/h3-7,9-12,24H,1-2,8,13-16H2. The Morgan fingerprint density at radius 2 is 1.96 bits per heavy atom. The number of fused-ring (bicyclic) bond motifs is 3. The van der Waals surface area contributed by atoms with Gasteiger partial charge in [0.2, 0.25) is 0 Å². The molecule has 0 amide bonds. The minimum absolute atomic E-state index is 0.837. The summed E-state index contributed by atoms with van der Waals surface area (Å²) in [6.45, 7) is 11.1. The van der Waals surface area contributed by atoms with Gasteiger partial charge in [-0.2, -0.15) is 0 Å². The summed E-state index contributed by atoms with van der Waals surface area (Å²) in [4.78, 5) is 0. The molecule has 0 radical (unpaired) electrons. The lowest BCUT2D eigenvalue weighted by atomic mass is 10.0. The highest BCUT2D eigenvalue weighted by Gasteiger charge is 2.21. The van der Waals surface area contributed by atoms with Gasteiger partial charge >= 0.3 is 0 Å². The first-order chi connectivity index (χ1) is 12.3. The summed E-state index contributed by atoms with van der Waals surface area (Å²) in [6.07, 6.45) is 3.96. The normalized spacial score (nSPS) is 13.6. The quantitative estimate of drug-likeness (QED) is 0.670. The van der Waals surface area contributed by atoms with Crippen LogP contribution < -0.4 is 5.32 Å². The predicted molar refractivity (Wildman–Crippen MR) is 107 cm³/mol. The van der Waals surface area contributed by atoms with Crippen LogP contribution in [0.2, 0.25) is 0 Å². The van der Waals surface area contributed by atoms with Gasteiger partial charge in [0.25, 0.3) is 0 Å². The number of rotatable bonds is 5. The summed E-state index contributed by atoms with van der Waals surface area (Å²) in [6, 6.07) is 17.2. The third kappa shape index (κ3) is 2.83. The zero-order chi connectivity index (χ0) is 17.2. The van der Waals surface area contributed by atoms with Crippen LogP contribution in [0.3, 0.4) is 0 Å². The molecule has 1 aliphatic heterocycles. The molecule has 126 valence electrons. The van der Waals surface area contributed by atoms with Crippen molar-refractivity contribution in [3.63, 3.8) is 0 Å². The van der Waals surface area contributed by atoms with Crippen LogP contribution in [-0.2, 0) is 25.9 Å². The zero-order valence-corrected chi connectivity index (χ0v) is 14.6. The van der Waals surface area contributed by atoms with Crippen LogP contribution in [0, 0.1) is 0 Å². The topological polar surface area (TPSA) is 17.0 Å². The van der Waals surface area contributed by atoms with Gasteiger partial charge in [-0.15, -0.1) is 6.58 Å². The average Bonchev–Trinajstić information content (AvgIpc) is 2.98. The van der Waals surface area contributed by atoms with Gasteiger partial charge in [0.05, 0.1) is 5.52 Å². The Morgan fingerprint density at radius 1 is 1.12 bits per heavy atom. The van der Waals surface area contributed by atoms with E-state index in [2.05, 4.69) is 71.6 Å². The summed E-state index contributed by atoms with van der Waals surface area (Å²) in [7, 11) is 0. The van der Waals surface area contributed by atoms with Crippen LogP contribution in [0.4, 0.5) is 0 Å². The van der Waals surface area contributed by atoms with Crippen molar-refractivity contribution in [3.8, 4) is 0 Å². The van der Waals surface area contributed by atoms with Crippen molar-refractivity contribution in [2.45, 2.75) is 25.9 Å². The first kappa shape index (κ1) is 15.9. The molecular formula is C23H24N2. The maximum absolute atomic E-state index is 4.37. The maximum atomic E-state index is 4.37. The van der Waals surface area contributed by atoms with E-state index in [1.54, 1.807) is 0 Å². The van der Waals surface area contributed by atoms with Crippen LogP contribution >= 0.6 is 0 Å². The van der Waals surface area contributed by atoms with Gasteiger partial charge in [-0.3, -0.25) is 0 Å². The number of allylic oxidation sites excluding steroid dienone is 2. The molecule has 0 unspecified atom stereocenters. The van der Waals surface area contributed by atoms with Crippen LogP contribution in [0.15, 0.2) is 67.8 Å². The van der Waals surface area contributed by atoms with Gasteiger partial charge < -0.3 is 9.88 Å². The van der Waals surface area contributed by atoms with E-state index in [4.69, 9.17) is 0 Å². The van der Waals surface area contributed by atoms with Crippen molar-refractivity contribution in [3.05, 3.63) is 90.1 Å². The highest BCUT2D eigenvalue weighted by atomic mass is 15.0. The second-order valence-corrected chi connectivity index (χ2v) is 6.71. The van der Waals surface area contributed by atoms with Gasteiger partial charge in [-0.25, -0.2) is 0 Å². The minimum atomic E-state index is 0.837. The lowest BCUT2D eigenvalue weighted by molar-refractivity contribution is 0.615. The Bertz CT molecular complexity index is 932. The Morgan fingerprint density at radius 3 is 2.76 bits per heavy atom. The van der Waals surface area contributed by atoms with Gasteiger partial charge in [0, 0.05) is 37.1 Å². The third-order valence-electron chi connectivity index (χ3n) is 5.12. The van der Waals surface area contributed by atoms with Crippen molar-refractivity contribution >= 4 is 16.5 Å². The lowest BCUT2D eigenvalue weighted by Gasteiger charge is -2.18. The largest absolute Gasteiger partial charge is 0.340 e. The molecule has 1 aromatic heterocycles. The fourth-order valence-electron chi connectivity index (χ4n) is 3.96. The van der Waals surface area contributed by atoms with Crippen LogP contribution in [0.25, 0.3) is 16.5 Å². The van der Waals surface area contributed by atoms with E-state index in [1.165, 1.54) is 33.3 Å². The van der Waals surface area contributed by atoms with E-state index in [0.29, 0.717) is 0 Å². The summed E-state index contributed by atoms with van der Waals surface area (Å²) in [5, 5.41) is 4.90. The molecule has 3 aromatic rings. The van der Waals surface area contributed by atoms with E-state index < -0.39 is 0 Å². The van der Waals surface area contributed by atoms with Gasteiger partial charge in [-0.1, -0.05) is 61.2 Å². The summed E-state index contributed by atoms with van der Waals surface area (Å²) >= 11 is 0. The lowest BCUT2D eigenvalue weighted by Crippen LogP contribution is -2.24. The molecule has 1 N–H and O–H groups in total. The van der Waals surface area contributed by atoms with Crippen molar-refractivity contribution in [2.24, 2.45) is 0 Å². The SMILES string of the molecule is C=CCc1cccc2c3c(n(CC(=C)c4ccccc4)c12)CCNC3. The van der Waals surface area contributed by atoms with Gasteiger partial charge in [0.1, 0.15) is 0 Å².